The number of benzene rings is 1. The smallest absolute Gasteiger partial charge is 0.254 e. The molecule has 0 unspecified atom stereocenters. The van der Waals surface area contributed by atoms with Gasteiger partial charge in [0.05, 0.1) is 32.6 Å². The van der Waals surface area contributed by atoms with E-state index in [4.69, 9.17) is 14.2 Å². The molecule has 2 saturated heterocycles. The summed E-state index contributed by atoms with van der Waals surface area (Å²) in [7, 11) is 0. The molecule has 2 aliphatic heterocycles. The highest BCUT2D eigenvalue weighted by atomic mass is 19.1. The van der Waals surface area contributed by atoms with E-state index in [1.807, 2.05) is 31.2 Å². The molecule has 2 fully saturated rings. The van der Waals surface area contributed by atoms with Crippen molar-refractivity contribution in [3.63, 3.8) is 0 Å². The van der Waals surface area contributed by atoms with Gasteiger partial charge in [0.15, 0.2) is 11.6 Å². The number of aryl methyl sites for hydroxylation is 1. The molecule has 33 heavy (non-hydrogen) atoms. The van der Waals surface area contributed by atoms with Gasteiger partial charge in [-0.25, -0.2) is 4.39 Å². The van der Waals surface area contributed by atoms with Crippen molar-refractivity contribution in [2.45, 2.75) is 6.92 Å². The van der Waals surface area contributed by atoms with E-state index >= 15 is 8.78 Å². The van der Waals surface area contributed by atoms with Crippen LogP contribution in [0.2, 0.25) is 0 Å². The van der Waals surface area contributed by atoms with E-state index in [9.17, 15) is 0 Å². The van der Waals surface area contributed by atoms with Gasteiger partial charge in [0.2, 0.25) is 5.82 Å². The fourth-order valence-corrected chi connectivity index (χ4v) is 3.71. The first-order chi connectivity index (χ1) is 16.1. The fourth-order valence-electron chi connectivity index (χ4n) is 3.71. The van der Waals surface area contributed by atoms with Gasteiger partial charge in [0.1, 0.15) is 12.3 Å². The highest BCUT2D eigenvalue weighted by Crippen LogP contribution is 2.33. The first-order valence-corrected chi connectivity index (χ1v) is 11.1. The molecule has 3 heterocycles. The lowest BCUT2D eigenvalue weighted by Crippen LogP contribution is -2.39. The zero-order valence-corrected chi connectivity index (χ0v) is 18.7. The Hall–Kier alpha value is -2.82. The van der Waals surface area contributed by atoms with Crippen molar-refractivity contribution in [2.75, 3.05) is 76.1 Å². The van der Waals surface area contributed by atoms with Crippen LogP contribution < -0.4 is 15.1 Å². The summed E-state index contributed by atoms with van der Waals surface area (Å²) in [4.78, 5) is 8.07. The first-order valence-electron chi connectivity index (χ1n) is 11.1. The Morgan fingerprint density at radius 1 is 1.09 bits per heavy atom. The number of nitrogens with zero attached hydrogens (tertiary/aromatic N) is 4. The second kappa shape index (κ2) is 11.4. The third-order valence-corrected chi connectivity index (χ3v) is 5.52. The van der Waals surface area contributed by atoms with Crippen LogP contribution >= 0.6 is 0 Å². The molecule has 0 spiro atoms. The maximum absolute atomic E-state index is 15.3. The highest BCUT2D eigenvalue weighted by molar-refractivity contribution is 5.80. The van der Waals surface area contributed by atoms with Crippen LogP contribution in [0.1, 0.15) is 11.1 Å². The summed E-state index contributed by atoms with van der Waals surface area (Å²) in [6, 6.07) is 7.63. The summed E-state index contributed by atoms with van der Waals surface area (Å²) in [6.45, 7) is 7.50. The zero-order chi connectivity index (χ0) is 23.0. The molecule has 0 bridgehead atoms. The molecule has 10 heteroatoms. The minimum absolute atomic E-state index is 0.0225. The SMILES string of the molecule is Cc1cccc(C=NNc2c(F)c(OCCN3CCOCC3)nc(N3CCOCC3)c2F)c1. The van der Waals surface area contributed by atoms with Gasteiger partial charge in [-0.15, -0.1) is 0 Å². The lowest BCUT2D eigenvalue weighted by atomic mass is 10.2. The molecule has 0 saturated carbocycles. The van der Waals surface area contributed by atoms with Crippen LogP contribution in [0.5, 0.6) is 5.88 Å². The Kier molecular flexibility index (Phi) is 8.03. The lowest BCUT2D eigenvalue weighted by molar-refractivity contribution is 0.0317. The average Bonchev–Trinajstić information content (AvgIpc) is 2.84. The van der Waals surface area contributed by atoms with Crippen LogP contribution in [-0.2, 0) is 9.47 Å². The second-order valence-corrected chi connectivity index (χ2v) is 7.93. The summed E-state index contributed by atoms with van der Waals surface area (Å²) in [6.07, 6.45) is 1.51. The van der Waals surface area contributed by atoms with Gasteiger partial charge >= 0.3 is 0 Å². The normalized spacial score (nSPS) is 17.5. The minimum Gasteiger partial charge on any atom is -0.474 e. The minimum atomic E-state index is -0.909. The van der Waals surface area contributed by atoms with Gasteiger partial charge in [-0.1, -0.05) is 29.8 Å². The van der Waals surface area contributed by atoms with Crippen molar-refractivity contribution < 1.29 is 23.0 Å². The van der Waals surface area contributed by atoms with E-state index in [0.29, 0.717) is 46.1 Å². The number of anilines is 2. The Balaban J connectivity index is 1.54. The number of hydrogen-bond donors (Lipinski definition) is 1. The third-order valence-electron chi connectivity index (χ3n) is 5.52. The van der Waals surface area contributed by atoms with Crippen LogP contribution in [0.25, 0.3) is 0 Å². The zero-order valence-electron chi connectivity index (χ0n) is 18.7. The molecule has 178 valence electrons. The molecular weight excluding hydrogens is 432 g/mol. The molecule has 0 radical (unpaired) electrons. The van der Waals surface area contributed by atoms with E-state index < -0.39 is 17.3 Å². The molecule has 0 atom stereocenters. The molecule has 1 aromatic carbocycles. The molecular formula is C23H29F2N5O3. The van der Waals surface area contributed by atoms with E-state index in [1.165, 1.54) is 6.21 Å². The van der Waals surface area contributed by atoms with Crippen molar-refractivity contribution >= 4 is 17.7 Å². The number of morpholine rings is 2. The molecule has 0 amide bonds. The topological polar surface area (TPSA) is 71.5 Å². The molecule has 2 aliphatic rings. The number of nitrogens with one attached hydrogen (secondary N) is 1. The van der Waals surface area contributed by atoms with E-state index in [0.717, 1.165) is 24.2 Å². The van der Waals surface area contributed by atoms with Crippen molar-refractivity contribution in [1.82, 2.24) is 9.88 Å². The Labute approximate surface area is 192 Å². The lowest BCUT2D eigenvalue weighted by Gasteiger charge is -2.29. The number of aromatic nitrogens is 1. The van der Waals surface area contributed by atoms with E-state index in [1.54, 1.807) is 4.90 Å². The standard InChI is InChI=1S/C23H29F2N5O3/c1-17-3-2-4-18(15-17)16-26-28-21-19(24)22(30-8-12-32-13-9-30)27-23(20(21)25)33-14-7-29-5-10-31-11-6-29/h2-4,15-16H,5-14H2,1H3,(H,27,28). The molecule has 0 aliphatic carbocycles. The molecule has 2 aromatic rings. The number of ether oxygens (including phenoxy) is 3. The fraction of sp³-hybridized carbons (Fsp3) is 0.478. The number of hydrazone groups is 1. The quantitative estimate of drug-likeness (QED) is 0.479. The maximum Gasteiger partial charge on any atom is 0.254 e. The van der Waals surface area contributed by atoms with Gasteiger partial charge in [-0.3, -0.25) is 10.3 Å². The van der Waals surface area contributed by atoms with Gasteiger partial charge in [-0.05, 0) is 12.5 Å². The number of rotatable bonds is 8. The summed E-state index contributed by atoms with van der Waals surface area (Å²) >= 11 is 0. The predicted molar refractivity (Wildman–Crippen MR) is 122 cm³/mol. The predicted octanol–water partition coefficient (Wildman–Crippen LogP) is 2.66. The molecule has 1 N–H and O–H groups in total. The summed E-state index contributed by atoms with van der Waals surface area (Å²) < 4.78 is 46.8. The summed E-state index contributed by atoms with van der Waals surface area (Å²) in [5.41, 5.74) is 4.01. The van der Waals surface area contributed by atoms with Gasteiger partial charge < -0.3 is 19.1 Å². The molecule has 1 aromatic heterocycles. The van der Waals surface area contributed by atoms with Gasteiger partial charge in [0.25, 0.3) is 5.88 Å². The monoisotopic (exact) mass is 461 g/mol. The van der Waals surface area contributed by atoms with Crippen LogP contribution in [0.4, 0.5) is 20.3 Å². The van der Waals surface area contributed by atoms with Crippen molar-refractivity contribution in [1.29, 1.82) is 0 Å². The summed E-state index contributed by atoms with van der Waals surface area (Å²) in [5, 5.41) is 4.05. The number of halogens is 2. The Bertz CT molecular complexity index is 963. The largest absolute Gasteiger partial charge is 0.474 e. The number of pyridine rings is 1. The van der Waals surface area contributed by atoms with Gasteiger partial charge in [0, 0.05) is 32.7 Å². The van der Waals surface area contributed by atoms with E-state index in [-0.39, 0.29) is 18.3 Å². The van der Waals surface area contributed by atoms with Crippen LogP contribution in [0.3, 0.4) is 0 Å². The number of hydrogen-bond acceptors (Lipinski definition) is 8. The average molecular weight is 462 g/mol. The maximum atomic E-state index is 15.3. The Morgan fingerprint density at radius 3 is 2.55 bits per heavy atom. The van der Waals surface area contributed by atoms with Crippen molar-refractivity contribution in [2.24, 2.45) is 5.10 Å². The highest BCUT2D eigenvalue weighted by Gasteiger charge is 2.26. The van der Waals surface area contributed by atoms with Crippen LogP contribution in [-0.4, -0.2) is 81.9 Å². The second-order valence-electron chi connectivity index (χ2n) is 7.93. The van der Waals surface area contributed by atoms with Crippen LogP contribution in [0, 0.1) is 18.6 Å². The van der Waals surface area contributed by atoms with Gasteiger partial charge in [-0.2, -0.15) is 14.5 Å². The summed E-state index contributed by atoms with van der Waals surface area (Å²) in [5.74, 6) is -1.95. The van der Waals surface area contributed by atoms with E-state index in [2.05, 4.69) is 20.4 Å². The first kappa shape index (κ1) is 23.3. The van der Waals surface area contributed by atoms with Crippen molar-refractivity contribution in [3.05, 3.63) is 47.0 Å². The van der Waals surface area contributed by atoms with Crippen molar-refractivity contribution in [3.8, 4) is 5.88 Å². The van der Waals surface area contributed by atoms with Crippen LogP contribution in [0.15, 0.2) is 29.4 Å². The third kappa shape index (κ3) is 6.16. The molecule has 4 rings (SSSR count). The molecule has 8 nitrogen and oxygen atoms in total. The Morgan fingerprint density at radius 2 is 1.82 bits per heavy atom.